The zero-order valence-electron chi connectivity index (χ0n) is 12.8. The average molecular weight is 434 g/mol. The SMILES string of the molecule is Cc1cc(I)c2c(C=C3CNN=C3c3nccs3)cn(C)c2c1. The predicted molar refractivity (Wildman–Crippen MR) is 105 cm³/mol. The van der Waals surface area contributed by atoms with Crippen molar-refractivity contribution >= 4 is 56.6 Å². The largest absolute Gasteiger partial charge is 0.350 e. The minimum absolute atomic E-state index is 0.744. The van der Waals surface area contributed by atoms with Crippen molar-refractivity contribution in [1.29, 1.82) is 0 Å². The molecule has 0 amide bonds. The van der Waals surface area contributed by atoms with Crippen molar-refractivity contribution in [3.63, 3.8) is 0 Å². The van der Waals surface area contributed by atoms with Crippen LogP contribution in [0.15, 0.2) is 40.6 Å². The van der Waals surface area contributed by atoms with Crippen LogP contribution < -0.4 is 5.43 Å². The molecule has 0 bridgehead atoms. The molecule has 0 atom stereocenters. The first-order chi connectivity index (χ1) is 11.1. The molecule has 3 aromatic rings. The Hall–Kier alpha value is -1.67. The number of aryl methyl sites for hydroxylation is 2. The van der Waals surface area contributed by atoms with E-state index < -0.39 is 0 Å². The van der Waals surface area contributed by atoms with Gasteiger partial charge in [-0.1, -0.05) is 0 Å². The summed E-state index contributed by atoms with van der Waals surface area (Å²) in [7, 11) is 2.10. The Labute approximate surface area is 152 Å². The smallest absolute Gasteiger partial charge is 0.143 e. The predicted octanol–water partition coefficient (Wildman–Crippen LogP) is 3.94. The van der Waals surface area contributed by atoms with Crippen molar-refractivity contribution in [3.05, 3.63) is 55.2 Å². The lowest BCUT2D eigenvalue weighted by Gasteiger charge is -2.02. The van der Waals surface area contributed by atoms with E-state index in [0.29, 0.717) is 0 Å². The van der Waals surface area contributed by atoms with Gasteiger partial charge in [-0.05, 0) is 53.3 Å². The van der Waals surface area contributed by atoms with Crippen LogP contribution in [0.1, 0.15) is 16.1 Å². The van der Waals surface area contributed by atoms with E-state index in [1.807, 2.05) is 11.6 Å². The van der Waals surface area contributed by atoms with Gasteiger partial charge >= 0.3 is 0 Å². The quantitative estimate of drug-likeness (QED) is 0.621. The van der Waals surface area contributed by atoms with Crippen molar-refractivity contribution in [2.24, 2.45) is 12.1 Å². The van der Waals surface area contributed by atoms with Crippen molar-refractivity contribution < 1.29 is 0 Å². The van der Waals surface area contributed by atoms with Crippen LogP contribution in [-0.2, 0) is 7.05 Å². The fraction of sp³-hybridized carbons (Fsp3) is 0.176. The monoisotopic (exact) mass is 434 g/mol. The summed E-state index contributed by atoms with van der Waals surface area (Å²) >= 11 is 4.05. The molecule has 1 N–H and O–H groups in total. The van der Waals surface area contributed by atoms with Gasteiger partial charge in [0.25, 0.3) is 0 Å². The van der Waals surface area contributed by atoms with Crippen molar-refractivity contribution in [1.82, 2.24) is 15.0 Å². The van der Waals surface area contributed by atoms with Gasteiger partial charge in [0.15, 0.2) is 0 Å². The summed E-state index contributed by atoms with van der Waals surface area (Å²) in [5.74, 6) is 0. The molecule has 4 nitrogen and oxygen atoms in total. The first-order valence-corrected chi connectivity index (χ1v) is 9.26. The van der Waals surface area contributed by atoms with Crippen molar-refractivity contribution in [2.45, 2.75) is 6.92 Å². The van der Waals surface area contributed by atoms with Gasteiger partial charge in [-0.15, -0.1) is 11.3 Å². The summed E-state index contributed by atoms with van der Waals surface area (Å²) < 4.78 is 3.48. The van der Waals surface area contributed by atoms with E-state index in [2.05, 4.69) is 81.0 Å². The van der Waals surface area contributed by atoms with E-state index in [0.717, 1.165) is 17.3 Å². The molecule has 0 radical (unpaired) electrons. The van der Waals surface area contributed by atoms with Crippen molar-refractivity contribution in [2.75, 3.05) is 6.54 Å². The van der Waals surface area contributed by atoms with E-state index >= 15 is 0 Å². The zero-order chi connectivity index (χ0) is 16.0. The number of hydrazone groups is 1. The number of thiazole rings is 1. The highest BCUT2D eigenvalue weighted by atomic mass is 127. The molecule has 0 fully saturated rings. The molecule has 0 saturated carbocycles. The Bertz CT molecular complexity index is 951. The molecule has 3 heterocycles. The summed E-state index contributed by atoms with van der Waals surface area (Å²) in [6.07, 6.45) is 6.25. The van der Waals surface area contributed by atoms with Crippen LogP contribution in [0.4, 0.5) is 0 Å². The van der Waals surface area contributed by atoms with E-state index in [4.69, 9.17) is 0 Å². The number of fused-ring (bicyclic) bond motifs is 1. The van der Waals surface area contributed by atoms with Crippen LogP contribution in [0.3, 0.4) is 0 Å². The summed E-state index contributed by atoms with van der Waals surface area (Å²) in [5, 5.41) is 8.67. The third-order valence-electron chi connectivity index (χ3n) is 3.94. The van der Waals surface area contributed by atoms with Gasteiger partial charge in [-0.3, -0.25) is 0 Å². The summed E-state index contributed by atoms with van der Waals surface area (Å²) in [6.45, 7) is 2.88. The molecule has 0 unspecified atom stereocenters. The second kappa shape index (κ2) is 5.76. The summed E-state index contributed by atoms with van der Waals surface area (Å²) in [6, 6.07) is 4.47. The standard InChI is InChI=1S/C17H15IN4S/c1-10-5-13(18)15-12(9-22(2)14(15)6-10)7-11-8-20-21-16(11)17-19-3-4-23-17/h3-7,9,20H,8H2,1-2H3. The van der Waals surface area contributed by atoms with E-state index in [1.165, 1.54) is 31.2 Å². The molecule has 6 heteroatoms. The average Bonchev–Trinajstić information content (AvgIpc) is 3.20. The van der Waals surface area contributed by atoms with Crippen LogP contribution in [0.25, 0.3) is 17.0 Å². The van der Waals surface area contributed by atoms with Gasteiger partial charge in [0.2, 0.25) is 0 Å². The second-order valence-electron chi connectivity index (χ2n) is 5.64. The van der Waals surface area contributed by atoms with Gasteiger partial charge in [0, 0.05) is 50.4 Å². The Balaban J connectivity index is 1.86. The van der Waals surface area contributed by atoms with Gasteiger partial charge in [0.1, 0.15) is 10.7 Å². The molecule has 1 aliphatic rings. The molecule has 23 heavy (non-hydrogen) atoms. The molecule has 1 aliphatic heterocycles. The zero-order valence-corrected chi connectivity index (χ0v) is 15.8. The third-order valence-corrected chi connectivity index (χ3v) is 5.57. The molecule has 2 aromatic heterocycles. The summed E-state index contributed by atoms with van der Waals surface area (Å²) in [5.41, 5.74) is 9.01. The van der Waals surface area contributed by atoms with Crippen LogP contribution in [0, 0.1) is 10.5 Å². The van der Waals surface area contributed by atoms with Gasteiger partial charge in [-0.25, -0.2) is 4.98 Å². The maximum atomic E-state index is 4.42. The first-order valence-electron chi connectivity index (χ1n) is 7.30. The number of rotatable bonds is 2. The minimum Gasteiger partial charge on any atom is -0.350 e. The number of nitrogens with zero attached hydrogens (tertiary/aromatic N) is 3. The van der Waals surface area contributed by atoms with Gasteiger partial charge in [0.05, 0.1) is 6.54 Å². The van der Waals surface area contributed by atoms with Crippen LogP contribution in [0.2, 0.25) is 0 Å². The number of halogens is 1. The second-order valence-corrected chi connectivity index (χ2v) is 7.70. The van der Waals surface area contributed by atoms with Crippen LogP contribution in [0.5, 0.6) is 0 Å². The normalized spacial score (nSPS) is 16.1. The van der Waals surface area contributed by atoms with E-state index in [1.54, 1.807) is 11.3 Å². The Morgan fingerprint density at radius 2 is 2.26 bits per heavy atom. The lowest BCUT2D eigenvalue weighted by molar-refractivity contribution is 0.857. The van der Waals surface area contributed by atoms with Crippen LogP contribution >= 0.6 is 33.9 Å². The highest BCUT2D eigenvalue weighted by molar-refractivity contribution is 14.1. The molecule has 4 rings (SSSR count). The van der Waals surface area contributed by atoms with Crippen LogP contribution in [-0.4, -0.2) is 21.8 Å². The number of hydrogen-bond donors (Lipinski definition) is 1. The maximum Gasteiger partial charge on any atom is 0.143 e. The molecule has 116 valence electrons. The molecule has 0 saturated heterocycles. The van der Waals surface area contributed by atoms with Gasteiger partial charge < -0.3 is 9.99 Å². The molecule has 0 aliphatic carbocycles. The number of hydrogen-bond acceptors (Lipinski definition) is 4. The Morgan fingerprint density at radius 3 is 3.04 bits per heavy atom. The number of benzene rings is 1. The molecule has 1 aromatic carbocycles. The fourth-order valence-electron chi connectivity index (χ4n) is 2.93. The Kier molecular flexibility index (Phi) is 3.73. The fourth-order valence-corrected chi connectivity index (χ4v) is 4.67. The highest BCUT2D eigenvalue weighted by Crippen LogP contribution is 2.30. The van der Waals surface area contributed by atoms with Gasteiger partial charge in [-0.2, -0.15) is 5.10 Å². The lowest BCUT2D eigenvalue weighted by atomic mass is 10.1. The van der Waals surface area contributed by atoms with Crippen molar-refractivity contribution in [3.8, 4) is 0 Å². The van der Waals surface area contributed by atoms with E-state index in [-0.39, 0.29) is 0 Å². The number of nitrogens with one attached hydrogen (secondary N) is 1. The molecular formula is C17H15IN4S. The number of aromatic nitrogens is 2. The highest BCUT2D eigenvalue weighted by Gasteiger charge is 2.19. The first kappa shape index (κ1) is 14.9. The lowest BCUT2D eigenvalue weighted by Crippen LogP contribution is -2.03. The Morgan fingerprint density at radius 1 is 1.39 bits per heavy atom. The summed E-state index contributed by atoms with van der Waals surface area (Å²) in [4.78, 5) is 4.39. The third kappa shape index (κ3) is 2.59. The molecule has 0 spiro atoms. The van der Waals surface area contributed by atoms with E-state index in [9.17, 15) is 0 Å². The topological polar surface area (TPSA) is 42.2 Å². The molecular weight excluding hydrogens is 419 g/mol. The minimum atomic E-state index is 0.744. The maximum absolute atomic E-state index is 4.42.